The van der Waals surface area contributed by atoms with E-state index >= 15 is 0 Å². The first-order valence-corrected chi connectivity index (χ1v) is 17.8. The van der Waals surface area contributed by atoms with E-state index < -0.39 is 0 Å². The minimum atomic E-state index is -0.128. The van der Waals surface area contributed by atoms with Crippen molar-refractivity contribution >= 4 is 0 Å². The van der Waals surface area contributed by atoms with Crippen molar-refractivity contribution in [1.29, 1.82) is 0 Å². The summed E-state index contributed by atoms with van der Waals surface area (Å²) in [6.45, 7) is 4.32. The third kappa shape index (κ3) is 14.9. The Kier molecular flexibility index (Phi) is 20.2. The van der Waals surface area contributed by atoms with Crippen LogP contribution >= 0.6 is 0 Å². The molecule has 0 saturated heterocycles. The fourth-order valence-electron chi connectivity index (χ4n) is 5.48. The van der Waals surface area contributed by atoms with E-state index in [1.54, 1.807) is 28.4 Å². The van der Waals surface area contributed by atoms with Crippen LogP contribution in [0.15, 0.2) is 97.1 Å². The summed E-state index contributed by atoms with van der Waals surface area (Å²) in [5, 5.41) is 0. The van der Waals surface area contributed by atoms with Gasteiger partial charge in [-0.25, -0.2) is 0 Å². The molecule has 4 rings (SSSR count). The third-order valence-corrected chi connectivity index (χ3v) is 8.25. The Morgan fingerprint density at radius 2 is 0.500 bits per heavy atom. The van der Waals surface area contributed by atoms with Crippen LogP contribution in [0.3, 0.4) is 0 Å². The van der Waals surface area contributed by atoms with E-state index in [1.165, 1.54) is 0 Å². The first-order valence-electron chi connectivity index (χ1n) is 17.8. The Morgan fingerprint density at radius 3 is 0.685 bits per heavy atom. The molecule has 0 amide bonds. The molecule has 12 heteroatoms. The van der Waals surface area contributed by atoms with Gasteiger partial charge in [0.05, 0.1) is 52.9 Å². The van der Waals surface area contributed by atoms with Crippen LogP contribution in [0.25, 0.3) is 0 Å². The minimum Gasteiger partial charge on any atom is -0.468 e. The van der Waals surface area contributed by atoms with Crippen molar-refractivity contribution in [3.05, 3.63) is 119 Å². The Labute approximate surface area is 319 Å². The highest BCUT2D eigenvalue weighted by Gasteiger charge is 2.29. The Hall–Kier alpha value is -4.24. The zero-order chi connectivity index (χ0) is 38.1. The molecule has 0 spiro atoms. The van der Waals surface area contributed by atoms with Gasteiger partial charge in [-0.15, -0.1) is 0 Å². The second-order valence-electron chi connectivity index (χ2n) is 11.9. The van der Waals surface area contributed by atoms with Crippen molar-refractivity contribution < 1.29 is 56.8 Å². The van der Waals surface area contributed by atoms with Crippen LogP contribution in [-0.2, 0) is 37.9 Å². The van der Waals surface area contributed by atoms with Gasteiger partial charge in [0.1, 0.15) is 23.0 Å². The van der Waals surface area contributed by atoms with E-state index in [9.17, 15) is 0 Å². The highest BCUT2D eigenvalue weighted by atomic mass is 16.7. The molecular formula is C42H54O12. The van der Waals surface area contributed by atoms with Gasteiger partial charge in [-0.1, -0.05) is 48.5 Å². The summed E-state index contributed by atoms with van der Waals surface area (Å²) in [6, 6.07) is 32.5. The fraction of sp³-hybridized carbons (Fsp3) is 0.429. The molecule has 0 fully saturated rings. The van der Waals surface area contributed by atoms with Crippen molar-refractivity contribution in [2.24, 2.45) is 0 Å². The smallest absolute Gasteiger partial charge is 0.189 e. The molecule has 0 heterocycles. The van der Waals surface area contributed by atoms with Gasteiger partial charge in [0.2, 0.25) is 0 Å². The lowest BCUT2D eigenvalue weighted by Gasteiger charge is -2.30. The average Bonchev–Trinajstić information content (AvgIpc) is 3.21. The molecular weight excluding hydrogens is 696 g/mol. The summed E-state index contributed by atoms with van der Waals surface area (Å²) in [5.41, 5.74) is 4.34. The maximum Gasteiger partial charge on any atom is 0.189 e. The van der Waals surface area contributed by atoms with Gasteiger partial charge in [0.25, 0.3) is 0 Å². The van der Waals surface area contributed by atoms with Gasteiger partial charge in [-0.3, -0.25) is 0 Å². The minimum absolute atomic E-state index is 0.128. The molecule has 4 aromatic rings. The zero-order valence-corrected chi connectivity index (χ0v) is 31.8. The molecule has 0 aliphatic carbocycles. The lowest BCUT2D eigenvalue weighted by molar-refractivity contribution is -0.00860. The number of hydrogen-bond donors (Lipinski definition) is 0. The maximum absolute atomic E-state index is 5.86. The average molecular weight is 751 g/mol. The quantitative estimate of drug-likeness (QED) is 0.0438. The van der Waals surface area contributed by atoms with Crippen LogP contribution < -0.4 is 18.9 Å². The molecule has 0 aliphatic rings. The molecule has 0 radical (unpaired) electrons. The molecule has 4 aromatic carbocycles. The molecule has 0 atom stereocenters. The van der Waals surface area contributed by atoms with Gasteiger partial charge in [0.15, 0.2) is 27.2 Å². The van der Waals surface area contributed by atoms with Crippen molar-refractivity contribution in [3.8, 4) is 23.0 Å². The van der Waals surface area contributed by atoms with E-state index in [0.717, 1.165) is 22.3 Å². The maximum atomic E-state index is 5.86. The molecule has 294 valence electrons. The van der Waals surface area contributed by atoms with E-state index in [2.05, 4.69) is 48.5 Å². The van der Waals surface area contributed by atoms with E-state index in [0.29, 0.717) is 75.9 Å². The van der Waals surface area contributed by atoms with Crippen molar-refractivity contribution in [1.82, 2.24) is 0 Å². The second-order valence-corrected chi connectivity index (χ2v) is 11.9. The molecule has 0 aromatic heterocycles. The monoisotopic (exact) mass is 750 g/mol. The number of hydrogen-bond acceptors (Lipinski definition) is 12. The Balaban J connectivity index is 1.66. The predicted octanol–water partition coefficient (Wildman–Crippen LogP) is 6.65. The Bertz CT molecular complexity index is 1280. The standard InChI is InChI=1S/C42H54O12/c1-43-21-25-47-29-51-37-13-5-33(6-14-37)41(34-7-15-38(16-8-34)52-30-48-26-22-44-2)42(35-9-17-39(18-10-35)53-31-49-27-23-45-3)36-11-19-40(20-12-36)54-32-50-28-24-46-4/h5-20,41-42H,21-32H2,1-4H3. The van der Waals surface area contributed by atoms with Crippen LogP contribution in [0.2, 0.25) is 0 Å². The fourth-order valence-corrected chi connectivity index (χ4v) is 5.48. The summed E-state index contributed by atoms with van der Waals surface area (Å²) in [7, 11) is 6.55. The van der Waals surface area contributed by atoms with Gasteiger partial charge in [-0.05, 0) is 70.8 Å². The second kappa shape index (κ2) is 25.7. The molecule has 54 heavy (non-hydrogen) atoms. The highest BCUT2D eigenvalue weighted by Crippen LogP contribution is 2.44. The van der Waals surface area contributed by atoms with Gasteiger partial charge in [0, 0.05) is 40.3 Å². The first-order chi connectivity index (χ1) is 26.7. The summed E-state index contributed by atoms with van der Waals surface area (Å²) < 4.78 is 65.7. The lowest BCUT2D eigenvalue weighted by atomic mass is 9.73. The van der Waals surface area contributed by atoms with Gasteiger partial charge >= 0.3 is 0 Å². The summed E-state index contributed by atoms with van der Waals surface area (Å²) in [6.07, 6.45) is 0. The molecule has 12 nitrogen and oxygen atoms in total. The van der Waals surface area contributed by atoms with E-state index in [4.69, 9.17) is 56.8 Å². The van der Waals surface area contributed by atoms with E-state index in [1.807, 2.05) is 48.5 Å². The van der Waals surface area contributed by atoms with Gasteiger partial charge in [-0.2, -0.15) is 0 Å². The van der Waals surface area contributed by atoms with E-state index in [-0.39, 0.29) is 39.0 Å². The molecule has 0 saturated carbocycles. The van der Waals surface area contributed by atoms with Crippen molar-refractivity contribution in [2.45, 2.75) is 11.8 Å². The van der Waals surface area contributed by atoms with Crippen LogP contribution in [-0.4, -0.2) is 108 Å². The topological polar surface area (TPSA) is 111 Å². The number of ether oxygens (including phenoxy) is 12. The zero-order valence-electron chi connectivity index (χ0n) is 31.8. The number of methoxy groups -OCH3 is 4. The normalized spacial score (nSPS) is 11.3. The Morgan fingerprint density at radius 1 is 0.296 bits per heavy atom. The predicted molar refractivity (Wildman–Crippen MR) is 203 cm³/mol. The largest absolute Gasteiger partial charge is 0.468 e. The van der Waals surface area contributed by atoms with Crippen molar-refractivity contribution in [3.63, 3.8) is 0 Å². The SMILES string of the molecule is COCCOCOc1ccc(C(c2ccc(OCOCCOC)cc2)C(c2ccc(OCOCCOC)cc2)c2ccc(OCOCCOC)cc2)cc1. The summed E-state index contributed by atoms with van der Waals surface area (Å²) in [5.74, 6) is 2.55. The number of benzene rings is 4. The van der Waals surface area contributed by atoms with Gasteiger partial charge < -0.3 is 56.8 Å². The highest BCUT2D eigenvalue weighted by molar-refractivity contribution is 5.48. The number of rotatable bonds is 29. The first kappa shape index (κ1) is 42.5. The summed E-state index contributed by atoms with van der Waals surface area (Å²) >= 11 is 0. The summed E-state index contributed by atoms with van der Waals surface area (Å²) in [4.78, 5) is 0. The van der Waals surface area contributed by atoms with Crippen LogP contribution in [0.4, 0.5) is 0 Å². The molecule has 0 aliphatic heterocycles. The molecule has 0 N–H and O–H groups in total. The lowest BCUT2D eigenvalue weighted by Crippen LogP contribution is -2.15. The third-order valence-electron chi connectivity index (χ3n) is 8.25. The molecule has 0 unspecified atom stereocenters. The van der Waals surface area contributed by atoms with Crippen molar-refractivity contribution in [2.75, 3.05) is 108 Å². The van der Waals surface area contributed by atoms with Crippen LogP contribution in [0.1, 0.15) is 34.1 Å². The van der Waals surface area contributed by atoms with Crippen LogP contribution in [0.5, 0.6) is 23.0 Å². The molecule has 0 bridgehead atoms. The van der Waals surface area contributed by atoms with Crippen LogP contribution in [0, 0.1) is 0 Å².